The van der Waals surface area contributed by atoms with E-state index in [1.165, 1.54) is 18.5 Å². The van der Waals surface area contributed by atoms with Gasteiger partial charge < -0.3 is 4.90 Å². The van der Waals surface area contributed by atoms with E-state index < -0.39 is 4.92 Å². The van der Waals surface area contributed by atoms with Crippen LogP contribution in [0.4, 0.5) is 5.69 Å². The van der Waals surface area contributed by atoms with Crippen LogP contribution in [0.15, 0.2) is 61.2 Å². The Bertz CT molecular complexity index is 938. The lowest BCUT2D eigenvalue weighted by Crippen LogP contribution is -2.29. The number of aromatic nitrogens is 3. The molecule has 0 fully saturated rings. The fourth-order valence-corrected chi connectivity index (χ4v) is 2.76. The van der Waals surface area contributed by atoms with Gasteiger partial charge in [0.2, 0.25) is 0 Å². The molecule has 3 aromatic rings. The Morgan fingerprint density at radius 2 is 2.00 bits per heavy atom. The van der Waals surface area contributed by atoms with Crippen molar-refractivity contribution in [3.63, 3.8) is 0 Å². The van der Waals surface area contributed by atoms with Crippen molar-refractivity contribution in [3.05, 3.63) is 88.0 Å². The number of carbonyl (C=O) groups excluding carboxylic acids is 1. The molecule has 3 rings (SSSR count). The molecule has 0 saturated carbocycles. The third-order valence-corrected chi connectivity index (χ3v) is 4.48. The molecule has 0 N–H and O–H groups in total. The maximum atomic E-state index is 12.8. The zero-order chi connectivity index (χ0) is 19.4. The summed E-state index contributed by atoms with van der Waals surface area (Å²) in [4.78, 5) is 28.8. The van der Waals surface area contributed by atoms with Crippen LogP contribution in [0, 0.1) is 10.1 Å². The molecule has 0 aliphatic rings. The highest BCUT2D eigenvalue weighted by atomic mass is 16.6. The van der Waals surface area contributed by atoms with Crippen LogP contribution in [0.2, 0.25) is 0 Å². The topological polar surface area (TPSA) is 94.2 Å². The molecule has 8 nitrogen and oxygen atoms in total. The van der Waals surface area contributed by atoms with Gasteiger partial charge in [0.15, 0.2) is 0 Å². The van der Waals surface area contributed by atoms with Crippen LogP contribution in [-0.4, -0.2) is 37.5 Å². The number of rotatable bonds is 6. The number of amides is 1. The summed E-state index contributed by atoms with van der Waals surface area (Å²) in [5, 5.41) is 15.0. The van der Waals surface area contributed by atoms with Gasteiger partial charge in [0.25, 0.3) is 11.6 Å². The predicted molar refractivity (Wildman–Crippen MR) is 99.2 cm³/mol. The maximum Gasteiger partial charge on any atom is 0.269 e. The second kappa shape index (κ2) is 7.77. The van der Waals surface area contributed by atoms with Crippen LogP contribution in [0.3, 0.4) is 0 Å². The molecule has 0 spiro atoms. The predicted octanol–water partition coefficient (Wildman–Crippen LogP) is 3.07. The number of carbonyl (C=O) groups is 1. The summed E-state index contributed by atoms with van der Waals surface area (Å²) in [6.07, 6.45) is 3.11. The Morgan fingerprint density at radius 1 is 1.26 bits per heavy atom. The fraction of sp³-hybridized carbons (Fsp3) is 0.211. The third kappa shape index (κ3) is 4.17. The van der Waals surface area contributed by atoms with E-state index in [-0.39, 0.29) is 17.6 Å². The molecule has 1 aromatic heterocycles. The molecule has 0 saturated heterocycles. The molecule has 1 atom stereocenters. The minimum absolute atomic E-state index is 0.0117. The zero-order valence-electron chi connectivity index (χ0n) is 15.0. The van der Waals surface area contributed by atoms with Crippen LogP contribution in [-0.2, 0) is 6.54 Å². The van der Waals surface area contributed by atoms with Crippen LogP contribution in [0.1, 0.15) is 34.5 Å². The monoisotopic (exact) mass is 365 g/mol. The Morgan fingerprint density at radius 3 is 2.63 bits per heavy atom. The lowest BCUT2D eigenvalue weighted by molar-refractivity contribution is -0.384. The van der Waals surface area contributed by atoms with Gasteiger partial charge >= 0.3 is 0 Å². The Labute approximate surface area is 156 Å². The van der Waals surface area contributed by atoms with Crippen molar-refractivity contribution in [3.8, 4) is 0 Å². The second-order valence-electron chi connectivity index (χ2n) is 6.23. The van der Waals surface area contributed by atoms with Gasteiger partial charge in [-0.05, 0) is 30.2 Å². The molecule has 1 heterocycles. The van der Waals surface area contributed by atoms with Gasteiger partial charge in [-0.2, -0.15) is 5.10 Å². The van der Waals surface area contributed by atoms with Crippen molar-refractivity contribution in [2.45, 2.75) is 19.5 Å². The number of nitrogens with zero attached hydrogens (tertiary/aromatic N) is 5. The average Bonchev–Trinajstić information content (AvgIpc) is 3.20. The standard InChI is InChI=1S/C19H19N5O3/c1-14(17-4-3-5-18(10-17)24(26)27)22(2)19(25)16-8-6-15(7-9-16)11-23-13-20-12-21-23/h3-10,12-14H,11H2,1-2H3. The van der Waals surface area contributed by atoms with Crippen LogP contribution >= 0.6 is 0 Å². The number of benzene rings is 2. The third-order valence-electron chi connectivity index (χ3n) is 4.48. The van der Waals surface area contributed by atoms with Gasteiger partial charge in [-0.3, -0.25) is 14.9 Å². The molecule has 8 heteroatoms. The quantitative estimate of drug-likeness (QED) is 0.494. The van der Waals surface area contributed by atoms with Gasteiger partial charge in [-0.25, -0.2) is 9.67 Å². The van der Waals surface area contributed by atoms with Crippen molar-refractivity contribution >= 4 is 11.6 Å². The van der Waals surface area contributed by atoms with Crippen molar-refractivity contribution in [2.24, 2.45) is 0 Å². The summed E-state index contributed by atoms with van der Waals surface area (Å²) in [6, 6.07) is 13.3. The molecule has 138 valence electrons. The van der Waals surface area contributed by atoms with E-state index >= 15 is 0 Å². The smallest absolute Gasteiger partial charge is 0.269 e. The fourth-order valence-electron chi connectivity index (χ4n) is 2.76. The molecule has 1 amide bonds. The van der Waals surface area contributed by atoms with E-state index in [9.17, 15) is 14.9 Å². The van der Waals surface area contributed by atoms with E-state index in [0.29, 0.717) is 17.7 Å². The summed E-state index contributed by atoms with van der Waals surface area (Å²) in [6.45, 7) is 2.42. The molecular weight excluding hydrogens is 346 g/mol. The number of hydrogen-bond donors (Lipinski definition) is 0. The minimum atomic E-state index is -0.439. The summed E-state index contributed by atoms with van der Waals surface area (Å²) in [5.41, 5.74) is 2.28. The summed E-state index contributed by atoms with van der Waals surface area (Å²) in [7, 11) is 1.69. The molecular formula is C19H19N5O3. The highest BCUT2D eigenvalue weighted by molar-refractivity contribution is 5.94. The number of nitro benzene ring substituents is 1. The summed E-state index contributed by atoms with van der Waals surface area (Å²) < 4.78 is 1.70. The van der Waals surface area contributed by atoms with Gasteiger partial charge in [0.05, 0.1) is 17.5 Å². The van der Waals surface area contributed by atoms with Crippen molar-refractivity contribution in [2.75, 3.05) is 7.05 Å². The van der Waals surface area contributed by atoms with Crippen LogP contribution < -0.4 is 0 Å². The van der Waals surface area contributed by atoms with E-state index in [0.717, 1.165) is 5.56 Å². The van der Waals surface area contributed by atoms with Gasteiger partial charge in [0.1, 0.15) is 12.7 Å². The first kappa shape index (κ1) is 18.2. The normalized spacial score (nSPS) is 11.8. The zero-order valence-corrected chi connectivity index (χ0v) is 15.0. The lowest BCUT2D eigenvalue weighted by atomic mass is 10.0. The number of hydrogen-bond acceptors (Lipinski definition) is 5. The van der Waals surface area contributed by atoms with E-state index in [1.807, 2.05) is 19.1 Å². The summed E-state index contributed by atoms with van der Waals surface area (Å²) in [5.74, 6) is -0.152. The number of non-ortho nitro benzene ring substituents is 1. The van der Waals surface area contributed by atoms with Gasteiger partial charge in [-0.15, -0.1) is 0 Å². The van der Waals surface area contributed by atoms with Crippen molar-refractivity contribution < 1.29 is 9.72 Å². The second-order valence-corrected chi connectivity index (χ2v) is 6.23. The van der Waals surface area contributed by atoms with Crippen LogP contribution in [0.5, 0.6) is 0 Å². The molecule has 0 aliphatic carbocycles. The lowest BCUT2D eigenvalue weighted by Gasteiger charge is -2.25. The SMILES string of the molecule is CC(c1cccc([N+](=O)[O-])c1)N(C)C(=O)c1ccc(Cn2cncn2)cc1. The van der Waals surface area contributed by atoms with E-state index in [4.69, 9.17) is 0 Å². The van der Waals surface area contributed by atoms with Gasteiger partial charge in [0, 0.05) is 24.7 Å². The van der Waals surface area contributed by atoms with E-state index in [2.05, 4.69) is 10.1 Å². The molecule has 0 radical (unpaired) electrons. The molecule has 0 bridgehead atoms. The molecule has 1 unspecified atom stereocenters. The Kier molecular flexibility index (Phi) is 5.25. The Hall–Kier alpha value is -3.55. The molecule has 2 aromatic carbocycles. The van der Waals surface area contributed by atoms with Gasteiger partial charge in [-0.1, -0.05) is 24.3 Å². The van der Waals surface area contributed by atoms with Crippen molar-refractivity contribution in [1.29, 1.82) is 0 Å². The maximum absolute atomic E-state index is 12.8. The Balaban J connectivity index is 1.72. The molecule has 27 heavy (non-hydrogen) atoms. The minimum Gasteiger partial charge on any atom is -0.335 e. The number of nitro groups is 1. The van der Waals surface area contributed by atoms with E-state index in [1.54, 1.807) is 47.2 Å². The van der Waals surface area contributed by atoms with Crippen molar-refractivity contribution in [1.82, 2.24) is 19.7 Å². The van der Waals surface area contributed by atoms with Crippen LogP contribution in [0.25, 0.3) is 0 Å². The summed E-state index contributed by atoms with van der Waals surface area (Å²) >= 11 is 0. The highest BCUT2D eigenvalue weighted by Crippen LogP contribution is 2.24. The average molecular weight is 365 g/mol. The first-order valence-corrected chi connectivity index (χ1v) is 8.38. The largest absolute Gasteiger partial charge is 0.335 e. The first-order chi connectivity index (χ1) is 13.0. The highest BCUT2D eigenvalue weighted by Gasteiger charge is 2.20. The molecule has 0 aliphatic heterocycles. The first-order valence-electron chi connectivity index (χ1n) is 8.38.